The zero-order valence-corrected chi connectivity index (χ0v) is 15.7. The lowest BCUT2D eigenvalue weighted by Gasteiger charge is -2.33. The van der Waals surface area contributed by atoms with Gasteiger partial charge in [-0.05, 0) is 54.8 Å². The normalized spacial score (nSPS) is 16.4. The fraction of sp³-hybridized carbons (Fsp3) is 0.333. The Labute approximate surface area is 163 Å². The number of ketones is 1. The second-order valence-electron chi connectivity index (χ2n) is 6.72. The van der Waals surface area contributed by atoms with E-state index >= 15 is 4.39 Å². The summed E-state index contributed by atoms with van der Waals surface area (Å²) in [5, 5.41) is 0. The van der Waals surface area contributed by atoms with Crippen molar-refractivity contribution in [1.29, 1.82) is 0 Å². The molecule has 1 aliphatic heterocycles. The van der Waals surface area contributed by atoms with Gasteiger partial charge in [0.05, 0.1) is 12.7 Å². The molecule has 0 radical (unpaired) electrons. The van der Waals surface area contributed by atoms with Gasteiger partial charge < -0.3 is 15.2 Å². The number of esters is 1. The van der Waals surface area contributed by atoms with Crippen molar-refractivity contribution in [3.8, 4) is 5.75 Å². The Kier molecular flexibility index (Phi) is 5.94. The summed E-state index contributed by atoms with van der Waals surface area (Å²) in [5.41, 5.74) is 7.21. The van der Waals surface area contributed by atoms with Crippen molar-refractivity contribution in [1.82, 2.24) is 4.90 Å². The SMILES string of the molecule is COC(=O)c1ccc(OC(F)(C(=O)Cc2ccc(N)cc2)N2CCCC2)cc1. The van der Waals surface area contributed by atoms with Crippen LogP contribution in [0.4, 0.5) is 10.1 Å². The number of nitrogens with zero attached hydrogens (tertiary/aromatic N) is 1. The fourth-order valence-corrected chi connectivity index (χ4v) is 3.17. The molecule has 1 heterocycles. The molecule has 0 aromatic heterocycles. The number of anilines is 1. The first-order chi connectivity index (χ1) is 13.4. The van der Waals surface area contributed by atoms with E-state index < -0.39 is 17.7 Å². The molecule has 2 aromatic rings. The van der Waals surface area contributed by atoms with Crippen LogP contribution in [0.15, 0.2) is 48.5 Å². The minimum Gasteiger partial charge on any atom is -0.465 e. The van der Waals surface area contributed by atoms with Gasteiger partial charge in [0.1, 0.15) is 5.75 Å². The molecule has 148 valence electrons. The Morgan fingerprint density at radius 2 is 1.68 bits per heavy atom. The zero-order valence-electron chi connectivity index (χ0n) is 15.7. The highest BCUT2D eigenvalue weighted by molar-refractivity contribution is 5.89. The van der Waals surface area contributed by atoms with Crippen LogP contribution < -0.4 is 10.5 Å². The number of hydrogen-bond donors (Lipinski definition) is 1. The summed E-state index contributed by atoms with van der Waals surface area (Å²) in [5.74, 6) is -3.61. The van der Waals surface area contributed by atoms with Crippen LogP contribution in [-0.4, -0.2) is 42.8 Å². The Morgan fingerprint density at radius 3 is 2.25 bits per heavy atom. The Hall–Kier alpha value is -2.93. The molecule has 1 unspecified atom stereocenters. The monoisotopic (exact) mass is 386 g/mol. The third kappa shape index (κ3) is 4.31. The summed E-state index contributed by atoms with van der Waals surface area (Å²) in [6.45, 7) is 0.869. The summed E-state index contributed by atoms with van der Waals surface area (Å²) >= 11 is 0. The van der Waals surface area contributed by atoms with Gasteiger partial charge in [-0.2, -0.15) is 4.39 Å². The minimum atomic E-state index is -2.58. The van der Waals surface area contributed by atoms with Gasteiger partial charge >= 0.3 is 11.9 Å². The van der Waals surface area contributed by atoms with E-state index in [1.807, 2.05) is 0 Å². The van der Waals surface area contributed by atoms with Crippen molar-refractivity contribution >= 4 is 17.4 Å². The molecule has 0 spiro atoms. The van der Waals surface area contributed by atoms with Crippen LogP contribution in [0.1, 0.15) is 28.8 Å². The number of nitrogens with two attached hydrogens (primary N) is 1. The molecule has 6 nitrogen and oxygen atoms in total. The molecule has 28 heavy (non-hydrogen) atoms. The number of Topliss-reactive ketones (excluding diaryl/α,β-unsaturated/α-hetero) is 1. The molecule has 0 bridgehead atoms. The number of ether oxygens (including phenoxy) is 2. The van der Waals surface area contributed by atoms with Crippen molar-refractivity contribution in [2.75, 3.05) is 25.9 Å². The van der Waals surface area contributed by atoms with Gasteiger partial charge in [0.15, 0.2) is 0 Å². The number of halogens is 1. The molecule has 1 fully saturated rings. The molecule has 3 rings (SSSR count). The fourth-order valence-electron chi connectivity index (χ4n) is 3.17. The molecule has 7 heteroatoms. The number of carbonyl (C=O) groups is 2. The van der Waals surface area contributed by atoms with E-state index in [9.17, 15) is 9.59 Å². The van der Waals surface area contributed by atoms with E-state index in [4.69, 9.17) is 10.5 Å². The number of hydrogen-bond acceptors (Lipinski definition) is 6. The van der Waals surface area contributed by atoms with Crippen LogP contribution in [0.2, 0.25) is 0 Å². The maximum absolute atomic E-state index is 15.9. The van der Waals surface area contributed by atoms with Crippen LogP contribution in [-0.2, 0) is 16.0 Å². The van der Waals surface area contributed by atoms with E-state index in [-0.39, 0.29) is 12.2 Å². The summed E-state index contributed by atoms with van der Waals surface area (Å²) in [6.07, 6.45) is 1.48. The standard InChI is InChI=1S/C21H23FN2O4/c1-27-20(26)16-6-10-18(11-7-16)28-21(22,24-12-2-3-13-24)19(25)14-15-4-8-17(23)9-5-15/h4-11H,2-3,12-14,23H2,1H3. The van der Waals surface area contributed by atoms with Crippen molar-refractivity contribution in [2.45, 2.75) is 25.2 Å². The second kappa shape index (κ2) is 8.39. The number of benzene rings is 2. The van der Waals surface area contributed by atoms with Gasteiger partial charge in [-0.1, -0.05) is 12.1 Å². The Balaban J connectivity index is 1.82. The summed E-state index contributed by atoms with van der Waals surface area (Å²) in [6, 6.07) is 12.6. The van der Waals surface area contributed by atoms with Crippen LogP contribution >= 0.6 is 0 Å². The maximum Gasteiger partial charge on any atom is 0.371 e. The minimum absolute atomic E-state index is 0.118. The molecule has 2 N–H and O–H groups in total. The van der Waals surface area contributed by atoms with Crippen molar-refractivity contribution in [3.63, 3.8) is 0 Å². The van der Waals surface area contributed by atoms with Gasteiger partial charge in [-0.3, -0.25) is 4.79 Å². The van der Waals surface area contributed by atoms with Crippen LogP contribution in [0, 0.1) is 0 Å². The van der Waals surface area contributed by atoms with Gasteiger partial charge in [0.25, 0.3) is 0 Å². The third-order valence-electron chi connectivity index (χ3n) is 4.73. The Morgan fingerprint density at radius 1 is 1.07 bits per heavy atom. The lowest BCUT2D eigenvalue weighted by atomic mass is 10.1. The average Bonchev–Trinajstić information content (AvgIpc) is 3.25. The quantitative estimate of drug-likeness (QED) is 0.448. The molecule has 0 amide bonds. The van der Waals surface area contributed by atoms with Gasteiger partial charge in [-0.15, -0.1) is 0 Å². The van der Waals surface area contributed by atoms with E-state index in [0.29, 0.717) is 29.9 Å². The first-order valence-corrected chi connectivity index (χ1v) is 9.11. The molecular weight excluding hydrogens is 363 g/mol. The summed E-state index contributed by atoms with van der Waals surface area (Å²) < 4.78 is 26.1. The van der Waals surface area contributed by atoms with Crippen LogP contribution in [0.25, 0.3) is 0 Å². The lowest BCUT2D eigenvalue weighted by Crippen LogP contribution is -2.55. The number of alkyl halides is 1. The van der Waals surface area contributed by atoms with Gasteiger partial charge in [0.2, 0.25) is 5.78 Å². The molecule has 0 aliphatic carbocycles. The summed E-state index contributed by atoms with van der Waals surface area (Å²) in [4.78, 5) is 25.8. The zero-order chi connectivity index (χ0) is 20.1. The molecule has 1 saturated heterocycles. The largest absolute Gasteiger partial charge is 0.465 e. The van der Waals surface area contributed by atoms with Gasteiger partial charge in [0, 0.05) is 25.2 Å². The third-order valence-corrected chi connectivity index (χ3v) is 4.73. The number of rotatable bonds is 7. The number of nitrogen functional groups attached to an aromatic ring is 1. The molecule has 1 atom stereocenters. The maximum atomic E-state index is 15.9. The van der Waals surface area contributed by atoms with E-state index in [2.05, 4.69) is 4.74 Å². The van der Waals surface area contributed by atoms with E-state index in [1.54, 1.807) is 24.3 Å². The molecule has 1 aliphatic rings. The predicted octanol–water partition coefficient (Wildman–Crippen LogP) is 2.97. The lowest BCUT2D eigenvalue weighted by molar-refractivity contribution is -0.191. The first kappa shape index (κ1) is 19.8. The van der Waals surface area contributed by atoms with Crippen molar-refractivity contribution in [3.05, 3.63) is 59.7 Å². The average molecular weight is 386 g/mol. The van der Waals surface area contributed by atoms with Crippen molar-refractivity contribution < 1.29 is 23.5 Å². The molecule has 0 saturated carbocycles. The molecule has 2 aromatic carbocycles. The topological polar surface area (TPSA) is 81.9 Å². The van der Waals surface area contributed by atoms with Crippen LogP contribution in [0.5, 0.6) is 5.75 Å². The number of likely N-dealkylation sites (tertiary alicyclic amines) is 1. The van der Waals surface area contributed by atoms with E-state index in [0.717, 1.165) is 12.8 Å². The second-order valence-corrected chi connectivity index (χ2v) is 6.72. The summed E-state index contributed by atoms with van der Waals surface area (Å²) in [7, 11) is 1.28. The number of carbonyl (C=O) groups excluding carboxylic acids is 2. The van der Waals surface area contributed by atoms with Gasteiger partial charge in [-0.25, -0.2) is 9.69 Å². The smallest absolute Gasteiger partial charge is 0.371 e. The highest BCUT2D eigenvalue weighted by Crippen LogP contribution is 2.30. The number of methoxy groups -OCH3 is 1. The predicted molar refractivity (Wildman–Crippen MR) is 103 cm³/mol. The van der Waals surface area contributed by atoms with Crippen LogP contribution in [0.3, 0.4) is 0 Å². The first-order valence-electron chi connectivity index (χ1n) is 9.11. The van der Waals surface area contributed by atoms with Crippen molar-refractivity contribution in [2.24, 2.45) is 0 Å². The highest BCUT2D eigenvalue weighted by Gasteiger charge is 2.48. The highest BCUT2D eigenvalue weighted by atomic mass is 19.2. The van der Waals surface area contributed by atoms with E-state index in [1.165, 1.54) is 36.3 Å². The molecular formula is C21H23FN2O4. The Bertz CT molecular complexity index is 832.